The lowest BCUT2D eigenvalue weighted by atomic mass is 9.91. The van der Waals surface area contributed by atoms with E-state index >= 15 is 0 Å². The van der Waals surface area contributed by atoms with Gasteiger partial charge in [0.25, 0.3) is 0 Å². The molecule has 20 heavy (non-hydrogen) atoms. The van der Waals surface area contributed by atoms with E-state index in [0.29, 0.717) is 10.8 Å². The molecule has 1 saturated heterocycles. The first-order valence-corrected chi connectivity index (χ1v) is 9.64. The van der Waals surface area contributed by atoms with Crippen LogP contribution >= 0.6 is 15.9 Å². The van der Waals surface area contributed by atoms with Gasteiger partial charge in [0.05, 0.1) is 10.1 Å². The molecule has 5 heteroatoms. The van der Waals surface area contributed by atoms with Gasteiger partial charge in [0, 0.05) is 4.47 Å². The average Bonchev–Trinajstić information content (AvgIpc) is 3.24. The molecule has 3 rings (SSSR count). The Morgan fingerprint density at radius 3 is 2.45 bits per heavy atom. The summed E-state index contributed by atoms with van der Waals surface area (Å²) < 4.78 is 25.3. The minimum atomic E-state index is -3.10. The van der Waals surface area contributed by atoms with Crippen LogP contribution in [-0.4, -0.2) is 26.8 Å². The highest BCUT2D eigenvalue weighted by molar-refractivity contribution is 9.10. The van der Waals surface area contributed by atoms with Crippen molar-refractivity contribution in [3.63, 3.8) is 0 Å². The number of halogens is 1. The van der Waals surface area contributed by atoms with Crippen LogP contribution in [0, 0.1) is 5.92 Å². The van der Waals surface area contributed by atoms with Crippen LogP contribution in [0.15, 0.2) is 27.6 Å². The second-order valence-corrected chi connectivity index (χ2v) is 8.96. The summed E-state index contributed by atoms with van der Waals surface area (Å²) in [5, 5.41) is 3.23. The number of sulfone groups is 1. The topological polar surface area (TPSA) is 46.2 Å². The van der Waals surface area contributed by atoms with Crippen molar-refractivity contribution >= 4 is 25.8 Å². The molecule has 1 aromatic carbocycles. The van der Waals surface area contributed by atoms with E-state index in [-0.39, 0.29) is 5.25 Å². The van der Waals surface area contributed by atoms with Crippen molar-refractivity contribution in [2.75, 3.05) is 13.1 Å². The fraction of sp³-hybridized carbons (Fsp3) is 0.600. The normalized spacial score (nSPS) is 21.1. The fourth-order valence-electron chi connectivity index (χ4n) is 2.88. The minimum absolute atomic E-state index is 0.144. The van der Waals surface area contributed by atoms with E-state index in [1.54, 1.807) is 6.07 Å². The Hall–Kier alpha value is -0.390. The molecule has 0 unspecified atom stereocenters. The molecule has 1 heterocycles. The van der Waals surface area contributed by atoms with Crippen LogP contribution in [0.4, 0.5) is 0 Å². The Balaban J connectivity index is 1.77. The van der Waals surface area contributed by atoms with Crippen molar-refractivity contribution in [2.45, 2.75) is 42.2 Å². The summed E-state index contributed by atoms with van der Waals surface area (Å²) in [6.45, 7) is 2.19. The van der Waals surface area contributed by atoms with Crippen molar-refractivity contribution in [2.24, 2.45) is 5.92 Å². The summed E-state index contributed by atoms with van der Waals surface area (Å²) in [5.41, 5.74) is 1.23. The third-order valence-corrected chi connectivity index (χ3v) is 7.49. The first-order chi connectivity index (χ1) is 9.57. The molecular weight excluding hydrogens is 338 g/mol. The van der Waals surface area contributed by atoms with Gasteiger partial charge >= 0.3 is 0 Å². The molecule has 1 aliphatic heterocycles. The molecule has 1 aliphatic carbocycles. The van der Waals surface area contributed by atoms with Crippen molar-refractivity contribution in [1.82, 2.24) is 5.32 Å². The van der Waals surface area contributed by atoms with Gasteiger partial charge in [-0.2, -0.15) is 0 Å². The van der Waals surface area contributed by atoms with Crippen molar-refractivity contribution in [1.29, 1.82) is 0 Å². The summed E-state index contributed by atoms with van der Waals surface area (Å²) in [5.74, 6) is 0.717. The molecule has 0 amide bonds. The highest BCUT2D eigenvalue weighted by Crippen LogP contribution is 2.37. The molecule has 0 aromatic heterocycles. The largest absolute Gasteiger partial charge is 0.317 e. The van der Waals surface area contributed by atoms with E-state index in [1.807, 2.05) is 12.1 Å². The lowest BCUT2D eigenvalue weighted by molar-refractivity contribution is 0.372. The van der Waals surface area contributed by atoms with Crippen LogP contribution in [-0.2, 0) is 16.3 Å². The van der Waals surface area contributed by atoms with Crippen LogP contribution in [0.2, 0.25) is 0 Å². The zero-order valence-electron chi connectivity index (χ0n) is 11.4. The predicted molar refractivity (Wildman–Crippen MR) is 83.6 cm³/mol. The van der Waals surface area contributed by atoms with E-state index in [1.165, 1.54) is 18.4 Å². The van der Waals surface area contributed by atoms with E-state index < -0.39 is 9.84 Å². The first-order valence-electron chi connectivity index (χ1n) is 7.30. The molecule has 110 valence electrons. The van der Waals surface area contributed by atoms with Crippen LogP contribution in [0.1, 0.15) is 31.2 Å². The smallest absolute Gasteiger partial charge is 0.182 e. The zero-order valence-corrected chi connectivity index (χ0v) is 13.8. The number of piperidine rings is 1. The number of hydrogen-bond donors (Lipinski definition) is 1. The maximum Gasteiger partial charge on any atom is 0.182 e. The van der Waals surface area contributed by atoms with Crippen LogP contribution < -0.4 is 5.32 Å². The SMILES string of the molecule is O=S(=O)(c1ccc(CC2CCNCC2)cc1Br)C1CC1. The molecule has 1 N–H and O–H groups in total. The van der Waals surface area contributed by atoms with Crippen molar-refractivity contribution in [3.05, 3.63) is 28.2 Å². The maximum absolute atomic E-state index is 12.3. The van der Waals surface area contributed by atoms with Crippen LogP contribution in [0.3, 0.4) is 0 Å². The van der Waals surface area contributed by atoms with Gasteiger partial charge in [0.15, 0.2) is 9.84 Å². The first kappa shape index (κ1) is 14.5. The number of rotatable bonds is 4. The van der Waals surface area contributed by atoms with E-state index in [2.05, 4.69) is 21.2 Å². The molecule has 3 nitrogen and oxygen atoms in total. The highest BCUT2D eigenvalue weighted by Gasteiger charge is 2.37. The van der Waals surface area contributed by atoms with Gasteiger partial charge in [-0.1, -0.05) is 6.07 Å². The second-order valence-electron chi connectivity index (χ2n) is 5.91. The Morgan fingerprint density at radius 2 is 1.85 bits per heavy atom. The summed E-state index contributed by atoms with van der Waals surface area (Å²) >= 11 is 3.45. The fourth-order valence-corrected chi connectivity index (χ4v) is 5.69. The monoisotopic (exact) mass is 357 g/mol. The van der Waals surface area contributed by atoms with E-state index in [0.717, 1.165) is 36.8 Å². The minimum Gasteiger partial charge on any atom is -0.317 e. The Labute approximate surface area is 129 Å². The zero-order chi connectivity index (χ0) is 14.2. The van der Waals surface area contributed by atoms with Gasteiger partial charge in [0.1, 0.15) is 0 Å². The third kappa shape index (κ3) is 3.10. The highest BCUT2D eigenvalue weighted by atomic mass is 79.9. The van der Waals surface area contributed by atoms with Crippen molar-refractivity contribution in [3.8, 4) is 0 Å². The molecule has 0 radical (unpaired) electrons. The molecular formula is C15H20BrNO2S. The van der Waals surface area contributed by atoms with Gasteiger partial charge in [-0.3, -0.25) is 0 Å². The summed E-state index contributed by atoms with van der Waals surface area (Å²) in [7, 11) is -3.10. The standard InChI is InChI=1S/C15H20BrNO2S/c16-14-10-12(9-11-5-7-17-8-6-11)1-4-15(14)20(18,19)13-2-3-13/h1,4,10-11,13,17H,2-3,5-9H2. The Bertz CT molecular complexity index is 590. The summed E-state index contributed by atoms with van der Waals surface area (Å²) in [4.78, 5) is 0.467. The number of nitrogens with one attached hydrogen (secondary N) is 1. The van der Waals surface area contributed by atoms with Gasteiger partial charge in [0.2, 0.25) is 0 Å². The molecule has 1 aromatic rings. The molecule has 1 saturated carbocycles. The molecule has 2 fully saturated rings. The number of hydrogen-bond acceptors (Lipinski definition) is 3. The maximum atomic E-state index is 12.3. The van der Waals surface area contributed by atoms with Gasteiger partial charge in [-0.25, -0.2) is 8.42 Å². The number of benzene rings is 1. The lowest BCUT2D eigenvalue weighted by Crippen LogP contribution is -2.28. The van der Waals surface area contributed by atoms with Crippen LogP contribution in [0.25, 0.3) is 0 Å². The van der Waals surface area contributed by atoms with Gasteiger partial charge < -0.3 is 5.32 Å². The summed E-state index contributed by atoms with van der Waals surface area (Å²) in [6.07, 6.45) is 5.08. The molecule has 2 aliphatic rings. The Morgan fingerprint density at radius 1 is 1.15 bits per heavy atom. The summed E-state index contributed by atoms with van der Waals surface area (Å²) in [6, 6.07) is 5.77. The lowest BCUT2D eigenvalue weighted by Gasteiger charge is -2.22. The second kappa shape index (κ2) is 5.78. The molecule has 0 spiro atoms. The molecule has 0 bridgehead atoms. The van der Waals surface area contributed by atoms with Gasteiger partial charge in [-0.05, 0) is 84.7 Å². The van der Waals surface area contributed by atoms with E-state index in [4.69, 9.17) is 0 Å². The predicted octanol–water partition coefficient (Wildman–Crippen LogP) is 2.93. The average molecular weight is 358 g/mol. The van der Waals surface area contributed by atoms with Crippen LogP contribution in [0.5, 0.6) is 0 Å². The molecule has 0 atom stereocenters. The van der Waals surface area contributed by atoms with Crippen molar-refractivity contribution < 1.29 is 8.42 Å². The Kier molecular flexibility index (Phi) is 4.20. The third-order valence-electron chi connectivity index (χ3n) is 4.25. The van der Waals surface area contributed by atoms with Gasteiger partial charge in [-0.15, -0.1) is 0 Å². The van der Waals surface area contributed by atoms with E-state index in [9.17, 15) is 8.42 Å². The quantitative estimate of drug-likeness (QED) is 0.900.